The normalized spacial score (nSPS) is 19.4. The molecule has 1 aliphatic rings. The molecule has 1 aliphatic heterocycles. The Morgan fingerprint density at radius 1 is 1.67 bits per heavy atom. The maximum absolute atomic E-state index is 11.5. The molecule has 0 aromatic carbocycles. The Hall–Kier alpha value is -1.37. The average molecular weight is 253 g/mol. The number of rotatable bonds is 5. The van der Waals surface area contributed by atoms with Gasteiger partial charge in [-0.25, -0.2) is 5.84 Å². The standard InChI is InChI=1S/C12H19N3O3/c1-15(7-9-3-2-5-17-9)8-11-10(4-6-18-11)12(16)14-13/h4,6,9H,2-3,5,7-8,13H2,1H3,(H,14,16). The summed E-state index contributed by atoms with van der Waals surface area (Å²) < 4.78 is 10.9. The molecule has 6 heteroatoms. The molecule has 1 unspecified atom stereocenters. The van der Waals surface area contributed by atoms with Gasteiger partial charge in [-0.05, 0) is 26.0 Å². The number of carbonyl (C=O) groups excluding carboxylic acids is 1. The quantitative estimate of drug-likeness (QED) is 0.453. The molecular formula is C12H19N3O3. The van der Waals surface area contributed by atoms with E-state index >= 15 is 0 Å². The molecule has 1 saturated heterocycles. The first-order valence-electron chi connectivity index (χ1n) is 6.08. The van der Waals surface area contributed by atoms with Gasteiger partial charge in [0.15, 0.2) is 0 Å². The second kappa shape index (κ2) is 5.99. The summed E-state index contributed by atoms with van der Waals surface area (Å²) in [6.45, 7) is 2.25. The lowest BCUT2D eigenvalue weighted by Crippen LogP contribution is -2.32. The number of ether oxygens (including phenoxy) is 1. The molecule has 6 nitrogen and oxygen atoms in total. The average Bonchev–Trinajstić information content (AvgIpc) is 2.99. The van der Waals surface area contributed by atoms with Crippen LogP contribution in [0.25, 0.3) is 0 Å². The molecule has 0 radical (unpaired) electrons. The second-order valence-corrected chi connectivity index (χ2v) is 4.56. The predicted octanol–water partition coefficient (Wildman–Crippen LogP) is 0.494. The third kappa shape index (κ3) is 3.10. The minimum absolute atomic E-state index is 0.289. The van der Waals surface area contributed by atoms with Crippen LogP contribution in [0.2, 0.25) is 0 Å². The zero-order chi connectivity index (χ0) is 13.0. The predicted molar refractivity (Wildman–Crippen MR) is 65.7 cm³/mol. The SMILES string of the molecule is CN(Cc1occc1C(=O)NN)CC1CCCO1. The highest BCUT2D eigenvalue weighted by atomic mass is 16.5. The van der Waals surface area contributed by atoms with Crippen LogP contribution in [-0.2, 0) is 11.3 Å². The van der Waals surface area contributed by atoms with E-state index in [1.54, 1.807) is 6.07 Å². The zero-order valence-corrected chi connectivity index (χ0v) is 10.5. The fourth-order valence-electron chi connectivity index (χ4n) is 2.19. The maximum Gasteiger partial charge on any atom is 0.268 e. The summed E-state index contributed by atoms with van der Waals surface area (Å²) in [5.41, 5.74) is 2.60. The van der Waals surface area contributed by atoms with Gasteiger partial charge in [0, 0.05) is 13.2 Å². The number of nitrogens with one attached hydrogen (secondary N) is 1. The van der Waals surface area contributed by atoms with Crippen LogP contribution >= 0.6 is 0 Å². The molecule has 1 aromatic heterocycles. The Bertz CT molecular complexity index is 399. The summed E-state index contributed by atoms with van der Waals surface area (Å²) in [6, 6.07) is 1.62. The Morgan fingerprint density at radius 3 is 3.17 bits per heavy atom. The minimum atomic E-state index is -0.329. The maximum atomic E-state index is 11.5. The first kappa shape index (κ1) is 13.1. The highest BCUT2D eigenvalue weighted by Gasteiger charge is 2.20. The molecule has 100 valence electrons. The van der Waals surface area contributed by atoms with Gasteiger partial charge in [0.25, 0.3) is 5.91 Å². The van der Waals surface area contributed by atoms with Gasteiger partial charge in [0.2, 0.25) is 0 Å². The molecule has 18 heavy (non-hydrogen) atoms. The third-order valence-electron chi connectivity index (χ3n) is 3.07. The molecule has 2 rings (SSSR count). The van der Waals surface area contributed by atoms with Crippen molar-refractivity contribution in [2.75, 3.05) is 20.2 Å². The van der Waals surface area contributed by atoms with E-state index in [9.17, 15) is 4.79 Å². The number of amides is 1. The number of likely N-dealkylation sites (N-methyl/N-ethyl adjacent to an activating group) is 1. The molecule has 0 bridgehead atoms. The van der Waals surface area contributed by atoms with Crippen molar-refractivity contribution < 1.29 is 13.9 Å². The van der Waals surface area contributed by atoms with Crippen LogP contribution in [0.5, 0.6) is 0 Å². The first-order chi connectivity index (χ1) is 8.70. The molecule has 1 aromatic rings. The van der Waals surface area contributed by atoms with Crippen molar-refractivity contribution in [3.05, 3.63) is 23.7 Å². The summed E-state index contributed by atoms with van der Waals surface area (Å²) >= 11 is 0. The van der Waals surface area contributed by atoms with Crippen molar-refractivity contribution in [3.63, 3.8) is 0 Å². The molecule has 1 fully saturated rings. The van der Waals surface area contributed by atoms with Crippen LogP contribution in [0, 0.1) is 0 Å². The van der Waals surface area contributed by atoms with Crippen molar-refractivity contribution in [3.8, 4) is 0 Å². The van der Waals surface area contributed by atoms with Crippen LogP contribution in [-0.4, -0.2) is 37.1 Å². The van der Waals surface area contributed by atoms with Crippen LogP contribution in [0.4, 0.5) is 0 Å². The number of hydrogen-bond donors (Lipinski definition) is 2. The van der Waals surface area contributed by atoms with Crippen LogP contribution < -0.4 is 11.3 Å². The number of carbonyl (C=O) groups is 1. The number of hydrazine groups is 1. The van der Waals surface area contributed by atoms with E-state index in [1.165, 1.54) is 6.26 Å². The van der Waals surface area contributed by atoms with Crippen LogP contribution in [0.1, 0.15) is 29.0 Å². The Morgan fingerprint density at radius 2 is 2.50 bits per heavy atom. The second-order valence-electron chi connectivity index (χ2n) is 4.56. The Kier molecular flexibility index (Phi) is 4.35. The summed E-state index contributed by atoms with van der Waals surface area (Å²) in [6.07, 6.45) is 4.01. The van der Waals surface area contributed by atoms with Gasteiger partial charge in [-0.3, -0.25) is 15.1 Å². The number of nitrogen functional groups attached to an aromatic ring is 1. The van der Waals surface area contributed by atoms with Crippen LogP contribution in [0.3, 0.4) is 0 Å². The van der Waals surface area contributed by atoms with E-state index in [2.05, 4.69) is 10.3 Å². The monoisotopic (exact) mass is 253 g/mol. The van der Waals surface area contributed by atoms with E-state index in [0.717, 1.165) is 26.0 Å². The lowest BCUT2D eigenvalue weighted by Gasteiger charge is -2.19. The molecule has 2 heterocycles. The van der Waals surface area contributed by atoms with E-state index in [4.69, 9.17) is 15.0 Å². The largest absolute Gasteiger partial charge is 0.467 e. The molecular weight excluding hydrogens is 234 g/mol. The van der Waals surface area contributed by atoms with Gasteiger partial charge in [-0.1, -0.05) is 0 Å². The molecule has 1 atom stereocenters. The summed E-state index contributed by atoms with van der Waals surface area (Å²) in [5, 5.41) is 0. The fraction of sp³-hybridized carbons (Fsp3) is 0.583. The number of nitrogens with zero attached hydrogens (tertiary/aromatic N) is 1. The van der Waals surface area contributed by atoms with Gasteiger partial charge >= 0.3 is 0 Å². The first-order valence-corrected chi connectivity index (χ1v) is 6.08. The smallest absolute Gasteiger partial charge is 0.268 e. The van der Waals surface area contributed by atoms with Gasteiger partial charge in [0.05, 0.1) is 24.5 Å². The highest BCUT2D eigenvalue weighted by Crippen LogP contribution is 2.16. The lowest BCUT2D eigenvalue weighted by atomic mass is 10.2. The van der Waals surface area contributed by atoms with E-state index in [1.807, 2.05) is 7.05 Å². The zero-order valence-electron chi connectivity index (χ0n) is 10.5. The van der Waals surface area contributed by atoms with E-state index < -0.39 is 0 Å². The van der Waals surface area contributed by atoms with Crippen molar-refractivity contribution in [2.45, 2.75) is 25.5 Å². The number of furan rings is 1. The summed E-state index contributed by atoms with van der Waals surface area (Å²) in [4.78, 5) is 13.6. The fourth-order valence-corrected chi connectivity index (χ4v) is 2.19. The van der Waals surface area contributed by atoms with Gasteiger partial charge in [0.1, 0.15) is 5.76 Å². The van der Waals surface area contributed by atoms with Crippen molar-refractivity contribution in [1.82, 2.24) is 10.3 Å². The summed E-state index contributed by atoms with van der Waals surface area (Å²) in [7, 11) is 1.98. The van der Waals surface area contributed by atoms with Gasteiger partial charge in [-0.2, -0.15) is 0 Å². The van der Waals surface area contributed by atoms with Crippen molar-refractivity contribution in [2.24, 2.45) is 5.84 Å². The molecule has 0 saturated carbocycles. The number of nitrogens with two attached hydrogens (primary N) is 1. The Labute approximate surface area is 106 Å². The van der Waals surface area contributed by atoms with Crippen molar-refractivity contribution >= 4 is 5.91 Å². The van der Waals surface area contributed by atoms with Gasteiger partial charge < -0.3 is 9.15 Å². The van der Waals surface area contributed by atoms with Crippen molar-refractivity contribution in [1.29, 1.82) is 0 Å². The molecule has 3 N–H and O–H groups in total. The van der Waals surface area contributed by atoms with E-state index in [0.29, 0.717) is 17.9 Å². The Balaban J connectivity index is 1.91. The highest BCUT2D eigenvalue weighted by molar-refractivity contribution is 5.94. The van der Waals surface area contributed by atoms with E-state index in [-0.39, 0.29) is 12.0 Å². The molecule has 0 spiro atoms. The third-order valence-corrected chi connectivity index (χ3v) is 3.07. The lowest BCUT2D eigenvalue weighted by molar-refractivity contribution is 0.0771. The van der Waals surface area contributed by atoms with Gasteiger partial charge in [-0.15, -0.1) is 0 Å². The molecule has 1 amide bonds. The van der Waals surface area contributed by atoms with Crippen LogP contribution in [0.15, 0.2) is 16.7 Å². The summed E-state index contributed by atoms with van der Waals surface area (Å²) in [5.74, 6) is 5.41. The minimum Gasteiger partial charge on any atom is -0.467 e. The number of hydrogen-bond acceptors (Lipinski definition) is 5. The molecule has 0 aliphatic carbocycles. The topological polar surface area (TPSA) is 80.7 Å².